The second-order valence-electron chi connectivity index (χ2n) is 5.31. The van der Waals surface area contributed by atoms with Crippen LogP contribution in [0.25, 0.3) is 0 Å². The molecule has 0 amide bonds. The van der Waals surface area contributed by atoms with Gasteiger partial charge in [-0.2, -0.15) is 0 Å². The molecule has 0 saturated heterocycles. The van der Waals surface area contributed by atoms with Crippen LogP contribution in [0.4, 0.5) is 0 Å². The minimum Gasteiger partial charge on any atom is -0.481 e. The van der Waals surface area contributed by atoms with E-state index in [2.05, 4.69) is 6.92 Å². The van der Waals surface area contributed by atoms with Gasteiger partial charge in [-0.25, -0.2) is 0 Å². The molecule has 0 heterocycles. The number of carboxylic acids is 1. The summed E-state index contributed by atoms with van der Waals surface area (Å²) in [6.45, 7) is 2.21. The lowest BCUT2D eigenvalue weighted by Crippen LogP contribution is -2.33. The van der Waals surface area contributed by atoms with Crippen LogP contribution in [0.1, 0.15) is 77.6 Å². The highest BCUT2D eigenvalue weighted by molar-refractivity contribution is 5.74. The first-order valence-electron chi connectivity index (χ1n) is 6.95. The van der Waals surface area contributed by atoms with Crippen molar-refractivity contribution in [3.63, 3.8) is 0 Å². The molecule has 1 aliphatic carbocycles. The van der Waals surface area contributed by atoms with Crippen LogP contribution in [-0.4, -0.2) is 11.1 Å². The minimum absolute atomic E-state index is 0.357. The Morgan fingerprint density at radius 2 is 1.69 bits per heavy atom. The van der Waals surface area contributed by atoms with Crippen molar-refractivity contribution in [2.24, 2.45) is 5.41 Å². The van der Waals surface area contributed by atoms with E-state index in [1.165, 1.54) is 32.1 Å². The summed E-state index contributed by atoms with van der Waals surface area (Å²) in [4.78, 5) is 11.4. The molecule has 2 nitrogen and oxygen atoms in total. The van der Waals surface area contributed by atoms with Gasteiger partial charge in [0.05, 0.1) is 5.41 Å². The van der Waals surface area contributed by atoms with E-state index in [1.807, 2.05) is 0 Å². The SMILES string of the molecule is CCCCCCCC1(C(=O)O)CCCCC1. The Kier molecular flexibility index (Phi) is 5.86. The molecular weight excluding hydrogens is 200 g/mol. The van der Waals surface area contributed by atoms with E-state index in [0.717, 1.165) is 38.5 Å². The molecule has 2 heteroatoms. The van der Waals surface area contributed by atoms with Crippen molar-refractivity contribution in [2.45, 2.75) is 77.6 Å². The molecule has 0 aliphatic heterocycles. The number of rotatable bonds is 7. The average Bonchev–Trinajstić information content (AvgIpc) is 2.30. The number of carboxylic acid groups (broad SMARTS) is 1. The van der Waals surface area contributed by atoms with E-state index in [0.29, 0.717) is 0 Å². The van der Waals surface area contributed by atoms with E-state index < -0.39 is 5.97 Å². The fraction of sp³-hybridized carbons (Fsp3) is 0.929. The third-order valence-corrected chi connectivity index (χ3v) is 4.02. The zero-order valence-electron chi connectivity index (χ0n) is 10.6. The monoisotopic (exact) mass is 226 g/mol. The van der Waals surface area contributed by atoms with Crippen LogP contribution in [0.5, 0.6) is 0 Å². The molecule has 94 valence electrons. The topological polar surface area (TPSA) is 37.3 Å². The summed E-state index contributed by atoms with van der Waals surface area (Å²) in [7, 11) is 0. The van der Waals surface area contributed by atoms with Gasteiger partial charge in [-0.15, -0.1) is 0 Å². The first-order chi connectivity index (χ1) is 7.71. The van der Waals surface area contributed by atoms with Gasteiger partial charge in [0.1, 0.15) is 0 Å². The Morgan fingerprint density at radius 3 is 2.25 bits per heavy atom. The predicted molar refractivity (Wildman–Crippen MR) is 66.5 cm³/mol. The zero-order valence-corrected chi connectivity index (χ0v) is 10.6. The van der Waals surface area contributed by atoms with Gasteiger partial charge in [0.25, 0.3) is 0 Å². The lowest BCUT2D eigenvalue weighted by molar-refractivity contribution is -0.151. The van der Waals surface area contributed by atoms with Crippen LogP contribution in [0.15, 0.2) is 0 Å². The highest BCUT2D eigenvalue weighted by Gasteiger charge is 2.38. The van der Waals surface area contributed by atoms with Crippen LogP contribution in [-0.2, 0) is 4.79 Å². The van der Waals surface area contributed by atoms with Gasteiger partial charge < -0.3 is 5.11 Å². The number of carbonyl (C=O) groups is 1. The van der Waals surface area contributed by atoms with Crippen LogP contribution in [0, 0.1) is 5.41 Å². The Morgan fingerprint density at radius 1 is 1.06 bits per heavy atom. The molecule has 0 aromatic heterocycles. The van der Waals surface area contributed by atoms with Crippen LogP contribution in [0.2, 0.25) is 0 Å². The highest BCUT2D eigenvalue weighted by atomic mass is 16.4. The molecule has 1 saturated carbocycles. The zero-order chi connectivity index (χ0) is 11.9. The smallest absolute Gasteiger partial charge is 0.309 e. The molecule has 0 aromatic rings. The minimum atomic E-state index is -0.539. The normalized spacial score (nSPS) is 19.6. The average molecular weight is 226 g/mol. The first-order valence-corrected chi connectivity index (χ1v) is 6.95. The van der Waals surface area contributed by atoms with Crippen molar-refractivity contribution in [2.75, 3.05) is 0 Å². The lowest BCUT2D eigenvalue weighted by atomic mass is 9.71. The second-order valence-corrected chi connectivity index (χ2v) is 5.31. The number of hydrogen-bond acceptors (Lipinski definition) is 1. The Labute approximate surface area is 99.4 Å². The summed E-state index contributed by atoms with van der Waals surface area (Å²) < 4.78 is 0. The summed E-state index contributed by atoms with van der Waals surface area (Å²) in [5, 5.41) is 9.39. The summed E-state index contributed by atoms with van der Waals surface area (Å²) in [6.07, 6.45) is 12.3. The maximum atomic E-state index is 11.4. The second kappa shape index (κ2) is 6.93. The highest BCUT2D eigenvalue weighted by Crippen LogP contribution is 2.40. The quantitative estimate of drug-likeness (QED) is 0.654. The van der Waals surface area contributed by atoms with E-state index in [4.69, 9.17) is 0 Å². The largest absolute Gasteiger partial charge is 0.481 e. The molecule has 0 bridgehead atoms. The van der Waals surface area contributed by atoms with E-state index in [1.54, 1.807) is 0 Å². The number of aliphatic carboxylic acids is 1. The van der Waals surface area contributed by atoms with Crippen molar-refractivity contribution in [1.29, 1.82) is 0 Å². The molecule has 0 aromatic carbocycles. The van der Waals surface area contributed by atoms with Crippen molar-refractivity contribution >= 4 is 5.97 Å². The Balaban J connectivity index is 2.30. The standard InChI is InChI=1S/C14H26O2/c1-2-3-4-5-7-10-14(13(15)16)11-8-6-9-12-14/h2-12H2,1H3,(H,15,16). The molecule has 1 N–H and O–H groups in total. The molecule has 0 unspecified atom stereocenters. The fourth-order valence-electron chi connectivity index (χ4n) is 2.87. The summed E-state index contributed by atoms with van der Waals surface area (Å²) >= 11 is 0. The third-order valence-electron chi connectivity index (χ3n) is 4.02. The molecule has 0 spiro atoms. The first kappa shape index (κ1) is 13.5. The molecule has 0 radical (unpaired) electrons. The fourth-order valence-corrected chi connectivity index (χ4v) is 2.87. The van der Waals surface area contributed by atoms with Crippen LogP contribution in [0.3, 0.4) is 0 Å². The molecule has 1 rings (SSSR count). The summed E-state index contributed by atoms with van der Waals surface area (Å²) in [6, 6.07) is 0. The third kappa shape index (κ3) is 3.80. The van der Waals surface area contributed by atoms with Gasteiger partial charge in [0, 0.05) is 0 Å². The van der Waals surface area contributed by atoms with E-state index in [9.17, 15) is 9.90 Å². The maximum absolute atomic E-state index is 11.4. The van der Waals surface area contributed by atoms with Gasteiger partial charge in [0.2, 0.25) is 0 Å². The van der Waals surface area contributed by atoms with Gasteiger partial charge >= 0.3 is 5.97 Å². The van der Waals surface area contributed by atoms with E-state index in [-0.39, 0.29) is 5.41 Å². The molecule has 1 aliphatic rings. The molecule has 0 atom stereocenters. The van der Waals surface area contributed by atoms with Gasteiger partial charge in [0.15, 0.2) is 0 Å². The molecule has 16 heavy (non-hydrogen) atoms. The van der Waals surface area contributed by atoms with Gasteiger partial charge in [-0.3, -0.25) is 4.79 Å². The van der Waals surface area contributed by atoms with E-state index >= 15 is 0 Å². The van der Waals surface area contributed by atoms with Crippen molar-refractivity contribution < 1.29 is 9.90 Å². The molecule has 1 fully saturated rings. The maximum Gasteiger partial charge on any atom is 0.309 e. The van der Waals surface area contributed by atoms with Gasteiger partial charge in [-0.1, -0.05) is 58.3 Å². The summed E-state index contributed by atoms with van der Waals surface area (Å²) in [5.74, 6) is -0.539. The van der Waals surface area contributed by atoms with Crippen LogP contribution >= 0.6 is 0 Å². The Bertz CT molecular complexity index is 205. The van der Waals surface area contributed by atoms with Gasteiger partial charge in [-0.05, 0) is 19.3 Å². The van der Waals surface area contributed by atoms with Crippen molar-refractivity contribution in [3.8, 4) is 0 Å². The molecular formula is C14H26O2. The number of unbranched alkanes of at least 4 members (excludes halogenated alkanes) is 4. The van der Waals surface area contributed by atoms with Crippen molar-refractivity contribution in [3.05, 3.63) is 0 Å². The predicted octanol–water partition coefficient (Wildman–Crippen LogP) is 4.38. The van der Waals surface area contributed by atoms with Crippen LogP contribution < -0.4 is 0 Å². The van der Waals surface area contributed by atoms with Crippen molar-refractivity contribution in [1.82, 2.24) is 0 Å². The lowest BCUT2D eigenvalue weighted by Gasteiger charge is -2.33. The number of hydrogen-bond donors (Lipinski definition) is 1. The summed E-state index contributed by atoms with van der Waals surface area (Å²) in [5.41, 5.74) is -0.357. The Hall–Kier alpha value is -0.530.